The fourth-order valence-electron chi connectivity index (χ4n) is 1.80. The van der Waals surface area contributed by atoms with Crippen molar-refractivity contribution >= 4 is 5.82 Å². The lowest BCUT2D eigenvalue weighted by Gasteiger charge is -2.13. The van der Waals surface area contributed by atoms with Crippen molar-refractivity contribution in [2.75, 3.05) is 18.4 Å². The smallest absolute Gasteiger partial charge is 0.283 e. The van der Waals surface area contributed by atoms with E-state index in [4.69, 9.17) is 0 Å². The molecule has 2 rings (SSSR count). The number of rotatable bonds is 4. The maximum absolute atomic E-state index is 12.6. The van der Waals surface area contributed by atoms with Crippen molar-refractivity contribution < 1.29 is 8.78 Å². The number of hydrogen-bond acceptors (Lipinski definition) is 4. The minimum atomic E-state index is -2.59. The topological polar surface area (TPSA) is 49.8 Å². The van der Waals surface area contributed by atoms with Gasteiger partial charge in [-0.05, 0) is 19.4 Å². The zero-order valence-corrected chi connectivity index (χ0v) is 8.79. The fourth-order valence-corrected chi connectivity index (χ4v) is 1.80. The van der Waals surface area contributed by atoms with Gasteiger partial charge in [-0.25, -0.2) is 18.7 Å². The first kappa shape index (κ1) is 11.2. The average Bonchev–Trinajstić information content (AvgIpc) is 2.79. The summed E-state index contributed by atoms with van der Waals surface area (Å²) in [6.07, 6.45) is 2.30. The molecule has 6 heteroatoms. The maximum Gasteiger partial charge on any atom is 0.283 e. The average molecular weight is 228 g/mol. The minimum Gasteiger partial charge on any atom is -0.367 e. The lowest BCUT2D eigenvalue weighted by molar-refractivity contribution is 0.146. The van der Waals surface area contributed by atoms with E-state index in [9.17, 15) is 8.78 Å². The summed E-state index contributed by atoms with van der Waals surface area (Å²) in [5.74, 6) is 0.186. The molecule has 1 aromatic heterocycles. The van der Waals surface area contributed by atoms with Crippen LogP contribution >= 0.6 is 0 Å². The molecule has 1 saturated heterocycles. The predicted molar refractivity (Wildman–Crippen MR) is 56.5 cm³/mol. The third-order valence-electron chi connectivity index (χ3n) is 2.61. The lowest BCUT2D eigenvalue weighted by Crippen LogP contribution is -2.29. The normalized spacial score (nSPS) is 20.3. The van der Waals surface area contributed by atoms with E-state index in [1.807, 2.05) is 0 Å². The zero-order chi connectivity index (χ0) is 11.4. The Morgan fingerprint density at radius 2 is 2.25 bits per heavy atom. The number of nitrogens with zero attached hydrogens (tertiary/aromatic N) is 2. The molecule has 0 aliphatic carbocycles. The summed E-state index contributed by atoms with van der Waals surface area (Å²) in [4.78, 5) is 7.51. The van der Waals surface area contributed by atoms with E-state index in [0.29, 0.717) is 12.6 Å². The Kier molecular flexibility index (Phi) is 3.61. The number of alkyl halides is 2. The quantitative estimate of drug-likeness (QED) is 0.821. The van der Waals surface area contributed by atoms with E-state index in [1.165, 1.54) is 12.4 Å². The minimum absolute atomic E-state index is 0.186. The van der Waals surface area contributed by atoms with Crippen LogP contribution in [0, 0.1) is 0 Å². The van der Waals surface area contributed by atoms with Crippen LogP contribution in [0.15, 0.2) is 12.4 Å². The molecule has 0 amide bonds. The van der Waals surface area contributed by atoms with Crippen LogP contribution in [-0.2, 0) is 0 Å². The monoisotopic (exact) mass is 228 g/mol. The van der Waals surface area contributed by atoms with Crippen LogP contribution in [0.3, 0.4) is 0 Å². The van der Waals surface area contributed by atoms with Gasteiger partial charge in [0.1, 0.15) is 5.69 Å². The second-order valence-electron chi connectivity index (χ2n) is 3.77. The second kappa shape index (κ2) is 5.16. The molecule has 1 aliphatic rings. The molecular weight excluding hydrogens is 214 g/mol. The van der Waals surface area contributed by atoms with E-state index in [-0.39, 0.29) is 11.5 Å². The Balaban J connectivity index is 1.97. The molecule has 1 fully saturated rings. The van der Waals surface area contributed by atoms with Gasteiger partial charge in [0.15, 0.2) is 5.82 Å². The van der Waals surface area contributed by atoms with E-state index in [0.717, 1.165) is 19.4 Å². The van der Waals surface area contributed by atoms with Crippen LogP contribution in [0.5, 0.6) is 0 Å². The highest BCUT2D eigenvalue weighted by atomic mass is 19.3. The van der Waals surface area contributed by atoms with Crippen LogP contribution in [0.1, 0.15) is 25.0 Å². The molecule has 1 aliphatic heterocycles. The molecular formula is C10H14F2N4. The van der Waals surface area contributed by atoms with Gasteiger partial charge in [0, 0.05) is 25.0 Å². The Morgan fingerprint density at radius 1 is 1.44 bits per heavy atom. The van der Waals surface area contributed by atoms with Crippen molar-refractivity contribution in [3.05, 3.63) is 18.1 Å². The molecule has 88 valence electrons. The molecule has 1 aromatic rings. The van der Waals surface area contributed by atoms with Gasteiger partial charge < -0.3 is 10.6 Å². The highest BCUT2D eigenvalue weighted by Gasteiger charge is 2.18. The van der Waals surface area contributed by atoms with Crippen molar-refractivity contribution in [3.8, 4) is 0 Å². The van der Waals surface area contributed by atoms with Crippen LogP contribution in [0.4, 0.5) is 14.6 Å². The molecule has 16 heavy (non-hydrogen) atoms. The first-order chi connectivity index (χ1) is 7.77. The van der Waals surface area contributed by atoms with Gasteiger partial charge in [-0.3, -0.25) is 0 Å². The standard InChI is InChI=1S/C10H14F2N4/c11-9(12)8-10(15-5-4-14-8)16-6-7-2-1-3-13-7/h4-5,7,9,13H,1-3,6H2,(H,15,16). The van der Waals surface area contributed by atoms with Gasteiger partial charge in [-0.15, -0.1) is 0 Å². The summed E-state index contributed by atoms with van der Waals surface area (Å²) < 4.78 is 25.1. The molecule has 1 atom stereocenters. The third kappa shape index (κ3) is 2.63. The number of anilines is 1. The summed E-state index contributed by atoms with van der Waals surface area (Å²) in [5, 5.41) is 6.20. The van der Waals surface area contributed by atoms with Crippen molar-refractivity contribution in [3.63, 3.8) is 0 Å². The molecule has 2 heterocycles. The van der Waals surface area contributed by atoms with Gasteiger partial charge in [0.05, 0.1) is 0 Å². The van der Waals surface area contributed by atoms with Gasteiger partial charge in [0.25, 0.3) is 6.43 Å². The Morgan fingerprint density at radius 3 is 2.94 bits per heavy atom. The molecule has 4 nitrogen and oxygen atoms in total. The van der Waals surface area contributed by atoms with E-state index >= 15 is 0 Å². The second-order valence-corrected chi connectivity index (χ2v) is 3.77. The van der Waals surface area contributed by atoms with Gasteiger partial charge in [0.2, 0.25) is 0 Å². The highest BCUT2D eigenvalue weighted by Crippen LogP contribution is 2.22. The molecule has 0 radical (unpaired) electrons. The first-order valence-electron chi connectivity index (χ1n) is 5.33. The fraction of sp³-hybridized carbons (Fsp3) is 0.600. The van der Waals surface area contributed by atoms with Crippen LogP contribution in [0.2, 0.25) is 0 Å². The molecule has 0 aromatic carbocycles. The first-order valence-corrected chi connectivity index (χ1v) is 5.33. The van der Waals surface area contributed by atoms with Gasteiger partial charge in [-0.2, -0.15) is 0 Å². The summed E-state index contributed by atoms with van der Waals surface area (Å²) in [6.45, 7) is 1.60. The van der Waals surface area contributed by atoms with Crippen molar-refractivity contribution in [1.82, 2.24) is 15.3 Å². The highest BCUT2D eigenvalue weighted by molar-refractivity contribution is 5.40. The van der Waals surface area contributed by atoms with Gasteiger partial charge in [-0.1, -0.05) is 0 Å². The number of hydrogen-bond donors (Lipinski definition) is 2. The Labute approximate surface area is 92.5 Å². The molecule has 0 spiro atoms. The number of nitrogens with one attached hydrogen (secondary N) is 2. The summed E-state index contributed by atoms with van der Waals surface area (Å²) in [6, 6.07) is 0.340. The third-order valence-corrected chi connectivity index (χ3v) is 2.61. The van der Waals surface area contributed by atoms with Crippen molar-refractivity contribution in [2.24, 2.45) is 0 Å². The van der Waals surface area contributed by atoms with Crippen molar-refractivity contribution in [1.29, 1.82) is 0 Å². The zero-order valence-electron chi connectivity index (χ0n) is 8.79. The van der Waals surface area contributed by atoms with Crippen LogP contribution in [-0.4, -0.2) is 29.1 Å². The SMILES string of the molecule is FC(F)c1nccnc1NCC1CCCN1. The largest absolute Gasteiger partial charge is 0.367 e. The van der Waals surface area contributed by atoms with Crippen LogP contribution in [0.25, 0.3) is 0 Å². The Hall–Kier alpha value is -1.30. The maximum atomic E-state index is 12.6. The van der Waals surface area contributed by atoms with E-state index < -0.39 is 6.43 Å². The van der Waals surface area contributed by atoms with Crippen molar-refractivity contribution in [2.45, 2.75) is 25.3 Å². The Bertz CT molecular complexity index is 339. The van der Waals surface area contributed by atoms with E-state index in [2.05, 4.69) is 20.6 Å². The molecule has 2 N–H and O–H groups in total. The number of aromatic nitrogens is 2. The summed E-state index contributed by atoms with van der Waals surface area (Å²) in [7, 11) is 0. The summed E-state index contributed by atoms with van der Waals surface area (Å²) >= 11 is 0. The van der Waals surface area contributed by atoms with E-state index in [1.54, 1.807) is 0 Å². The van der Waals surface area contributed by atoms with Crippen LogP contribution < -0.4 is 10.6 Å². The molecule has 0 saturated carbocycles. The molecule has 1 unspecified atom stereocenters. The van der Waals surface area contributed by atoms with Gasteiger partial charge >= 0.3 is 0 Å². The number of halogens is 2. The molecule has 0 bridgehead atoms. The predicted octanol–water partition coefficient (Wildman–Crippen LogP) is 1.58. The lowest BCUT2D eigenvalue weighted by atomic mass is 10.2. The summed E-state index contributed by atoms with van der Waals surface area (Å²) in [5.41, 5.74) is -0.277.